The van der Waals surface area contributed by atoms with Gasteiger partial charge in [-0.3, -0.25) is 9.59 Å². The van der Waals surface area contributed by atoms with Gasteiger partial charge in [0.15, 0.2) is 0 Å². The summed E-state index contributed by atoms with van der Waals surface area (Å²) < 4.78 is 0. The molecule has 0 atom stereocenters. The number of hydrogen-bond acceptors (Lipinski definition) is 2. The van der Waals surface area contributed by atoms with Crippen LogP contribution in [0.2, 0.25) is 0 Å². The summed E-state index contributed by atoms with van der Waals surface area (Å²) in [5.74, 6) is -0.746. The third-order valence-electron chi connectivity index (χ3n) is 1.65. The Kier molecular flexibility index (Phi) is 4.55. The van der Waals surface area contributed by atoms with Gasteiger partial charge in [-0.05, 0) is 20.3 Å². The molecule has 0 aliphatic carbocycles. The fourth-order valence-electron chi connectivity index (χ4n) is 1.04. The number of carbonyl (C=O) groups is 2. The molecule has 0 fully saturated rings. The van der Waals surface area contributed by atoms with Crippen LogP contribution in [-0.2, 0) is 9.59 Å². The van der Waals surface area contributed by atoms with Gasteiger partial charge in [0.2, 0.25) is 5.78 Å². The van der Waals surface area contributed by atoms with E-state index < -0.39 is 0 Å². The van der Waals surface area contributed by atoms with E-state index in [1.54, 1.807) is 4.90 Å². The predicted molar refractivity (Wildman–Crippen MR) is 47.8 cm³/mol. The quantitative estimate of drug-likeness (QED) is 0.596. The van der Waals surface area contributed by atoms with E-state index in [9.17, 15) is 9.59 Å². The van der Waals surface area contributed by atoms with Crippen molar-refractivity contribution in [3.63, 3.8) is 0 Å². The lowest BCUT2D eigenvalue weighted by Gasteiger charge is -2.24. The molecule has 0 aromatic rings. The first kappa shape index (κ1) is 11.1. The molecule has 0 bridgehead atoms. The van der Waals surface area contributed by atoms with Gasteiger partial charge in [0.05, 0.1) is 0 Å². The molecule has 3 nitrogen and oxygen atoms in total. The molecular formula is C9H17NO2. The summed E-state index contributed by atoms with van der Waals surface area (Å²) in [4.78, 5) is 23.6. The van der Waals surface area contributed by atoms with E-state index in [4.69, 9.17) is 0 Å². The fraction of sp³-hybridized carbons (Fsp3) is 0.778. The molecule has 0 radical (unpaired) electrons. The molecule has 70 valence electrons. The summed E-state index contributed by atoms with van der Waals surface area (Å²) in [6.45, 7) is 7.79. The highest BCUT2D eigenvalue weighted by Gasteiger charge is 2.19. The first-order valence-corrected chi connectivity index (χ1v) is 4.32. The maximum Gasteiger partial charge on any atom is 0.289 e. The Bertz CT molecular complexity index is 175. The van der Waals surface area contributed by atoms with Gasteiger partial charge in [-0.2, -0.15) is 0 Å². The summed E-state index contributed by atoms with van der Waals surface area (Å²) >= 11 is 0. The molecule has 0 heterocycles. The number of ketones is 1. The lowest BCUT2D eigenvalue weighted by atomic mass is 10.2. The molecule has 0 saturated heterocycles. The van der Waals surface area contributed by atoms with Crippen LogP contribution in [-0.4, -0.2) is 29.2 Å². The third-order valence-corrected chi connectivity index (χ3v) is 1.65. The minimum atomic E-state index is -0.378. The Balaban J connectivity index is 4.29. The number of carbonyl (C=O) groups excluding carboxylic acids is 2. The van der Waals surface area contributed by atoms with Gasteiger partial charge in [-0.1, -0.05) is 6.92 Å². The van der Waals surface area contributed by atoms with Crippen molar-refractivity contribution >= 4 is 11.7 Å². The molecule has 0 aromatic heterocycles. The monoisotopic (exact) mass is 171 g/mol. The topological polar surface area (TPSA) is 37.4 Å². The van der Waals surface area contributed by atoms with Crippen molar-refractivity contribution in [1.29, 1.82) is 0 Å². The van der Waals surface area contributed by atoms with E-state index in [0.29, 0.717) is 6.54 Å². The summed E-state index contributed by atoms with van der Waals surface area (Å²) in [6, 6.07) is 0.112. The second kappa shape index (κ2) is 4.91. The minimum absolute atomic E-state index is 0.112. The highest BCUT2D eigenvalue weighted by Crippen LogP contribution is 2.00. The van der Waals surface area contributed by atoms with Crippen molar-refractivity contribution in [2.45, 2.75) is 40.2 Å². The van der Waals surface area contributed by atoms with Crippen LogP contribution in [0.4, 0.5) is 0 Å². The van der Waals surface area contributed by atoms with Gasteiger partial charge in [-0.25, -0.2) is 0 Å². The highest BCUT2D eigenvalue weighted by molar-refractivity contribution is 6.35. The maximum absolute atomic E-state index is 11.3. The first-order chi connectivity index (χ1) is 5.50. The van der Waals surface area contributed by atoms with Crippen molar-refractivity contribution in [1.82, 2.24) is 4.90 Å². The smallest absolute Gasteiger partial charge is 0.289 e. The number of hydrogen-bond donors (Lipinski definition) is 0. The van der Waals surface area contributed by atoms with Gasteiger partial charge in [0, 0.05) is 19.5 Å². The molecule has 0 spiro atoms. The Labute approximate surface area is 73.7 Å². The van der Waals surface area contributed by atoms with Crippen LogP contribution in [0.15, 0.2) is 0 Å². The Morgan fingerprint density at radius 1 is 1.33 bits per heavy atom. The second-order valence-electron chi connectivity index (χ2n) is 3.15. The largest absolute Gasteiger partial charge is 0.334 e. The normalized spacial score (nSPS) is 10.1. The molecule has 0 rings (SSSR count). The summed E-state index contributed by atoms with van der Waals surface area (Å²) in [5, 5.41) is 0. The average Bonchev–Trinajstić information content (AvgIpc) is 1.98. The van der Waals surface area contributed by atoms with E-state index in [-0.39, 0.29) is 17.7 Å². The number of rotatable bonds is 4. The molecule has 12 heavy (non-hydrogen) atoms. The maximum atomic E-state index is 11.3. The van der Waals surface area contributed by atoms with Crippen LogP contribution >= 0.6 is 0 Å². The molecular weight excluding hydrogens is 154 g/mol. The highest BCUT2D eigenvalue weighted by atomic mass is 16.2. The second-order valence-corrected chi connectivity index (χ2v) is 3.15. The van der Waals surface area contributed by atoms with Crippen molar-refractivity contribution in [2.75, 3.05) is 6.54 Å². The molecule has 0 aliphatic rings. The van der Waals surface area contributed by atoms with E-state index in [2.05, 4.69) is 0 Å². The molecule has 0 unspecified atom stereocenters. The number of amides is 1. The Hall–Kier alpha value is -0.860. The molecule has 1 amide bonds. The molecule has 0 aromatic carbocycles. The van der Waals surface area contributed by atoms with Crippen LogP contribution in [0.5, 0.6) is 0 Å². The molecule has 3 heteroatoms. The van der Waals surface area contributed by atoms with Crippen molar-refractivity contribution in [2.24, 2.45) is 0 Å². The summed E-state index contributed by atoms with van der Waals surface area (Å²) in [6.07, 6.45) is 0.886. The fourth-order valence-corrected chi connectivity index (χ4v) is 1.04. The first-order valence-electron chi connectivity index (χ1n) is 4.32. The lowest BCUT2D eigenvalue weighted by molar-refractivity contribution is -0.144. The van der Waals surface area contributed by atoms with Gasteiger partial charge < -0.3 is 4.90 Å². The van der Waals surface area contributed by atoms with E-state index >= 15 is 0 Å². The number of Topliss-reactive ketones (excluding diaryl/α,β-unsaturated/α-hetero) is 1. The molecule has 0 saturated carbocycles. The third kappa shape index (κ3) is 3.03. The van der Waals surface area contributed by atoms with Crippen molar-refractivity contribution in [3.05, 3.63) is 0 Å². The molecule has 0 N–H and O–H groups in total. The van der Waals surface area contributed by atoms with Crippen molar-refractivity contribution in [3.8, 4) is 0 Å². The van der Waals surface area contributed by atoms with Crippen molar-refractivity contribution < 1.29 is 9.59 Å². The zero-order valence-corrected chi connectivity index (χ0v) is 8.26. The summed E-state index contributed by atoms with van der Waals surface area (Å²) in [7, 11) is 0. The van der Waals surface area contributed by atoms with Gasteiger partial charge in [0.1, 0.15) is 0 Å². The SMILES string of the molecule is CCCN(C(=O)C(C)=O)C(C)C. The van der Waals surface area contributed by atoms with Crippen LogP contribution in [0.3, 0.4) is 0 Å². The lowest BCUT2D eigenvalue weighted by Crippen LogP contribution is -2.40. The Morgan fingerprint density at radius 2 is 1.83 bits per heavy atom. The number of nitrogens with zero attached hydrogens (tertiary/aromatic N) is 1. The van der Waals surface area contributed by atoms with E-state index in [1.165, 1.54) is 6.92 Å². The van der Waals surface area contributed by atoms with Crippen LogP contribution in [0, 0.1) is 0 Å². The summed E-state index contributed by atoms with van der Waals surface area (Å²) in [5.41, 5.74) is 0. The Morgan fingerprint density at radius 3 is 2.08 bits per heavy atom. The van der Waals surface area contributed by atoms with Crippen LogP contribution in [0.1, 0.15) is 34.1 Å². The van der Waals surface area contributed by atoms with E-state index in [0.717, 1.165) is 6.42 Å². The van der Waals surface area contributed by atoms with Gasteiger partial charge in [-0.15, -0.1) is 0 Å². The van der Waals surface area contributed by atoms with E-state index in [1.807, 2.05) is 20.8 Å². The van der Waals surface area contributed by atoms with Crippen LogP contribution in [0.25, 0.3) is 0 Å². The zero-order valence-electron chi connectivity index (χ0n) is 8.26. The minimum Gasteiger partial charge on any atom is -0.334 e. The van der Waals surface area contributed by atoms with Crippen LogP contribution < -0.4 is 0 Å². The van der Waals surface area contributed by atoms with Gasteiger partial charge in [0.25, 0.3) is 5.91 Å². The average molecular weight is 171 g/mol. The van der Waals surface area contributed by atoms with Gasteiger partial charge >= 0.3 is 0 Å². The predicted octanol–water partition coefficient (Wildman–Crippen LogP) is 1.22. The molecule has 0 aliphatic heterocycles. The standard InChI is InChI=1S/C9H17NO2/c1-5-6-10(7(2)3)9(12)8(4)11/h7H,5-6H2,1-4H3. The zero-order chi connectivity index (χ0) is 9.72.